The first kappa shape index (κ1) is 49.4. The van der Waals surface area contributed by atoms with Crippen LogP contribution in [0.25, 0.3) is 10.4 Å². The second-order valence-corrected chi connectivity index (χ2v) is 18.8. The van der Waals surface area contributed by atoms with Crippen molar-refractivity contribution in [2.75, 3.05) is 25.1 Å². The number of carbonyl (C=O) groups excluding carboxylic acids is 5. The van der Waals surface area contributed by atoms with Gasteiger partial charge < -0.3 is 40.7 Å². The van der Waals surface area contributed by atoms with Gasteiger partial charge in [0.15, 0.2) is 5.69 Å². The van der Waals surface area contributed by atoms with Crippen LogP contribution in [0.3, 0.4) is 0 Å². The van der Waals surface area contributed by atoms with E-state index >= 15 is 0 Å². The Balaban J connectivity index is 0.800. The summed E-state index contributed by atoms with van der Waals surface area (Å²) in [5, 5.41) is 36.2. The van der Waals surface area contributed by atoms with Gasteiger partial charge in [-0.1, -0.05) is 56.3 Å². The molecule has 4 heterocycles. The number of hydrogen-bond donors (Lipinski definition) is 6. The number of H-pyrrole nitrogens is 1. The summed E-state index contributed by atoms with van der Waals surface area (Å²) < 4.78 is 41.5. The van der Waals surface area contributed by atoms with E-state index in [1.54, 1.807) is 48.5 Å². The summed E-state index contributed by atoms with van der Waals surface area (Å²) >= 11 is 1.56. The molecule has 7 rings (SSSR count). The quantitative estimate of drug-likeness (QED) is 0.0682. The van der Waals surface area contributed by atoms with Gasteiger partial charge in [0.25, 0.3) is 11.8 Å². The number of likely N-dealkylation sites (tertiary alicyclic amines) is 1. The largest absolute Gasteiger partial charge is 0.391 e. The number of aromatic nitrogens is 6. The molecule has 6 N–H and O–H groups in total. The van der Waals surface area contributed by atoms with Gasteiger partial charge in [-0.15, -0.1) is 16.4 Å². The number of thiazole rings is 1. The number of β-amino-alcohol motifs (C(OH)–C–C–N with tert-alkyl or cyclic N) is 1. The van der Waals surface area contributed by atoms with Crippen LogP contribution in [0.1, 0.15) is 90.7 Å². The van der Waals surface area contributed by atoms with Crippen molar-refractivity contribution in [3.8, 4) is 10.4 Å². The number of aliphatic hydroxyl groups is 1. The van der Waals surface area contributed by atoms with E-state index in [1.807, 2.05) is 31.2 Å². The zero-order valence-electron chi connectivity index (χ0n) is 38.1. The molecule has 3 aromatic heterocycles. The van der Waals surface area contributed by atoms with Crippen LogP contribution in [-0.4, -0.2) is 120 Å². The molecule has 68 heavy (non-hydrogen) atoms. The Morgan fingerprint density at radius 2 is 1.75 bits per heavy atom. The Kier molecular flexibility index (Phi) is 16.0. The van der Waals surface area contributed by atoms with Crippen LogP contribution in [0.2, 0.25) is 0 Å². The Hall–Kier alpha value is -6.49. The van der Waals surface area contributed by atoms with Crippen LogP contribution < -0.4 is 21.3 Å². The van der Waals surface area contributed by atoms with E-state index in [2.05, 4.69) is 46.8 Å². The number of nitrogens with one attached hydrogen (secondary N) is 5. The average molecular weight is 960 g/mol. The molecule has 3 atom stereocenters. The van der Waals surface area contributed by atoms with Crippen molar-refractivity contribution in [2.45, 2.75) is 110 Å². The van der Waals surface area contributed by atoms with Gasteiger partial charge in [-0.2, -0.15) is 5.10 Å². The summed E-state index contributed by atoms with van der Waals surface area (Å²) in [6.45, 7) is 7.83. The first-order valence-corrected chi connectivity index (χ1v) is 23.1. The molecule has 0 radical (unpaired) electrons. The maximum absolute atomic E-state index is 14.1. The van der Waals surface area contributed by atoms with Crippen LogP contribution in [0.15, 0.2) is 60.4 Å². The fourth-order valence-electron chi connectivity index (χ4n) is 8.11. The lowest BCUT2D eigenvalue weighted by molar-refractivity contribution is -0.144. The lowest BCUT2D eigenvalue weighted by Gasteiger charge is -2.35. The van der Waals surface area contributed by atoms with E-state index in [9.17, 15) is 37.9 Å². The van der Waals surface area contributed by atoms with Gasteiger partial charge in [-0.3, -0.25) is 29.1 Å². The number of amides is 5. The summed E-state index contributed by atoms with van der Waals surface area (Å²) in [5.41, 5.74) is 3.59. The molecule has 22 heteroatoms. The highest BCUT2D eigenvalue weighted by molar-refractivity contribution is 7.13. The summed E-state index contributed by atoms with van der Waals surface area (Å²) in [5.74, 6) is -5.08. The molecule has 1 saturated carbocycles. The zero-order chi connectivity index (χ0) is 48.5. The minimum atomic E-state index is -1.05. The lowest BCUT2D eigenvalue weighted by atomic mass is 9.85. The molecule has 2 aliphatic rings. The van der Waals surface area contributed by atoms with Crippen molar-refractivity contribution < 1.29 is 47.3 Å². The fourth-order valence-corrected chi connectivity index (χ4v) is 8.92. The van der Waals surface area contributed by atoms with E-state index in [0.717, 1.165) is 39.9 Å². The van der Waals surface area contributed by atoms with Gasteiger partial charge in [0.1, 0.15) is 41.6 Å². The molecule has 5 amide bonds. The van der Waals surface area contributed by atoms with Crippen molar-refractivity contribution in [1.29, 1.82) is 0 Å². The molecule has 0 spiro atoms. The van der Waals surface area contributed by atoms with Crippen molar-refractivity contribution in [3.63, 3.8) is 0 Å². The van der Waals surface area contributed by atoms with E-state index in [4.69, 9.17) is 9.47 Å². The van der Waals surface area contributed by atoms with Crippen LogP contribution in [0.5, 0.6) is 0 Å². The number of rotatable bonds is 18. The molecule has 0 unspecified atom stereocenters. The summed E-state index contributed by atoms with van der Waals surface area (Å²) in [4.78, 5) is 72.9. The zero-order valence-corrected chi connectivity index (χ0v) is 38.9. The smallest absolute Gasteiger partial charge is 0.274 e. The maximum Gasteiger partial charge on any atom is 0.274 e. The monoisotopic (exact) mass is 959 g/mol. The number of hydrogen-bond acceptors (Lipinski definition) is 13. The van der Waals surface area contributed by atoms with Crippen molar-refractivity contribution in [1.82, 2.24) is 51.0 Å². The molecule has 1 aliphatic carbocycles. The number of aromatic amines is 1. The van der Waals surface area contributed by atoms with E-state index in [-0.39, 0.29) is 69.4 Å². The highest BCUT2D eigenvalue weighted by atomic mass is 32.1. The van der Waals surface area contributed by atoms with Gasteiger partial charge in [-0.25, -0.2) is 18.4 Å². The number of halogens is 2. The average Bonchev–Trinajstić information content (AvgIpc) is 4.14. The summed E-state index contributed by atoms with van der Waals surface area (Å²) in [6.07, 6.45) is 4.55. The first-order valence-electron chi connectivity index (χ1n) is 22.3. The molecule has 2 aromatic carbocycles. The number of nitrogens with zero attached hydrogens (tertiary/aromatic N) is 6. The van der Waals surface area contributed by atoms with Gasteiger partial charge in [0, 0.05) is 31.7 Å². The third-order valence-electron chi connectivity index (χ3n) is 11.8. The van der Waals surface area contributed by atoms with Crippen molar-refractivity contribution in [2.24, 2.45) is 5.41 Å². The molecule has 2 fully saturated rings. The summed E-state index contributed by atoms with van der Waals surface area (Å²) in [7, 11) is 0. The first-order chi connectivity index (χ1) is 32.5. The molecular weight excluding hydrogens is 905 g/mol. The van der Waals surface area contributed by atoms with E-state index < -0.39 is 70.3 Å². The minimum absolute atomic E-state index is 0.0219. The van der Waals surface area contributed by atoms with Crippen LogP contribution >= 0.6 is 11.3 Å². The molecular formula is C46H55F2N11O8S. The topological polar surface area (TPSA) is 248 Å². The number of carbonyl (C=O) groups is 5. The lowest BCUT2D eigenvalue weighted by Crippen LogP contribution is -2.58. The van der Waals surface area contributed by atoms with E-state index in [0.29, 0.717) is 31.4 Å². The minimum Gasteiger partial charge on any atom is -0.391 e. The van der Waals surface area contributed by atoms with Crippen molar-refractivity contribution in [3.05, 3.63) is 100 Å². The summed E-state index contributed by atoms with van der Waals surface area (Å²) in [6, 6.07) is 8.75. The Morgan fingerprint density at radius 3 is 2.44 bits per heavy atom. The molecule has 1 aliphatic heterocycles. The van der Waals surface area contributed by atoms with Crippen LogP contribution in [0, 0.1) is 24.0 Å². The predicted octanol–water partition coefficient (Wildman–Crippen LogP) is 4.05. The molecule has 5 aromatic rings. The van der Waals surface area contributed by atoms with Crippen molar-refractivity contribution >= 4 is 46.6 Å². The van der Waals surface area contributed by atoms with E-state index in [1.165, 1.54) is 11.1 Å². The number of anilines is 1. The number of benzene rings is 2. The normalized spacial score (nSPS) is 18.8. The van der Waals surface area contributed by atoms with Gasteiger partial charge in [-0.05, 0) is 61.3 Å². The Bertz CT molecular complexity index is 2550. The maximum atomic E-state index is 14.1. The second kappa shape index (κ2) is 22.1. The fraction of sp³-hybridized carbons (Fsp3) is 0.457. The third-order valence-corrected chi connectivity index (χ3v) is 12.7. The Labute approximate surface area is 394 Å². The standard InChI is InChI=1S/C46H55F2N11O8S/c1-26-40(68-25-50-26)28-10-8-27(9-11-28)19-49-42(62)36-18-31(60)22-59(36)45(65)41(46(2,3)4)54-37(61)24-66-17-16-58-21-30(55-57-58)23-67-32-14-12-29(13-15-32)52-44(64)39-35(20-51-56-39)53-43(63)38-33(47)6-5-7-34(38)48/h5-11,20-21,25,29,31-32,36,41,60H,12-19,22-24H2,1-4H3,(H,49,62)(H,51,56)(H,52,64)(H,53,63)(H,54,61)/t29-,31-,32-,36+,41-/m1/s1. The predicted molar refractivity (Wildman–Crippen MR) is 244 cm³/mol. The third kappa shape index (κ3) is 12.5. The van der Waals surface area contributed by atoms with Crippen LogP contribution in [-0.2, 0) is 43.6 Å². The number of aliphatic hydroxyl groups excluding tert-OH is 1. The van der Waals surface area contributed by atoms with Gasteiger partial charge in [0.2, 0.25) is 17.7 Å². The van der Waals surface area contributed by atoms with Crippen LogP contribution in [0.4, 0.5) is 14.5 Å². The molecule has 0 bridgehead atoms. The second-order valence-electron chi connectivity index (χ2n) is 17.9. The molecule has 1 saturated heterocycles. The highest BCUT2D eigenvalue weighted by Crippen LogP contribution is 2.29. The molecule has 19 nitrogen and oxygen atoms in total. The Morgan fingerprint density at radius 1 is 1.01 bits per heavy atom. The number of ether oxygens (including phenoxy) is 2. The van der Waals surface area contributed by atoms with Gasteiger partial charge in [0.05, 0.1) is 59.9 Å². The van der Waals surface area contributed by atoms with Gasteiger partial charge >= 0.3 is 0 Å². The number of aryl methyl sites for hydroxylation is 1. The highest BCUT2D eigenvalue weighted by Gasteiger charge is 2.44. The SMILES string of the molecule is Cc1ncsc1-c1ccc(CNC(=O)[C@@H]2C[C@@H](O)CN2C(=O)[C@@H](NC(=O)COCCn2cc(CO[C@H]3CC[C@H](NC(=O)c4n[nH]cc4NC(=O)c4c(F)cccc4F)CC3)nn2)C(C)(C)C)cc1. The molecule has 362 valence electrons.